The Labute approximate surface area is 176 Å². The van der Waals surface area contributed by atoms with Gasteiger partial charge < -0.3 is 9.73 Å². The number of carbonyl (C=O) groups is 1. The molecule has 0 aliphatic heterocycles. The van der Waals surface area contributed by atoms with E-state index in [9.17, 15) is 4.79 Å². The van der Waals surface area contributed by atoms with Crippen molar-refractivity contribution < 1.29 is 9.21 Å². The van der Waals surface area contributed by atoms with E-state index in [1.807, 2.05) is 25.1 Å². The van der Waals surface area contributed by atoms with E-state index in [1.54, 1.807) is 36.4 Å². The summed E-state index contributed by atoms with van der Waals surface area (Å²) in [6.45, 7) is 1.88. The maximum atomic E-state index is 12.5. The zero-order valence-corrected chi connectivity index (χ0v) is 16.9. The van der Waals surface area contributed by atoms with Crippen molar-refractivity contribution in [2.45, 2.75) is 6.92 Å². The van der Waals surface area contributed by atoms with Crippen LogP contribution in [0.25, 0.3) is 22.6 Å². The SMILES string of the molecule is Cc1c(NC(=O)c2cccc(Cl)c2)cccc1-c1nc2cc(Cl)cc(Cl)c2o1. The highest BCUT2D eigenvalue weighted by Crippen LogP contribution is 2.34. The fourth-order valence-corrected chi connectivity index (χ4v) is 3.61. The van der Waals surface area contributed by atoms with Crippen LogP contribution in [0.3, 0.4) is 0 Å². The van der Waals surface area contributed by atoms with E-state index in [4.69, 9.17) is 39.2 Å². The average molecular weight is 432 g/mol. The van der Waals surface area contributed by atoms with Crippen LogP contribution in [0.1, 0.15) is 15.9 Å². The van der Waals surface area contributed by atoms with Crippen molar-refractivity contribution >= 4 is 57.5 Å². The largest absolute Gasteiger partial charge is 0.434 e. The van der Waals surface area contributed by atoms with Gasteiger partial charge in [0.2, 0.25) is 5.89 Å². The lowest BCUT2D eigenvalue weighted by molar-refractivity contribution is 0.102. The van der Waals surface area contributed by atoms with Crippen LogP contribution in [0.5, 0.6) is 0 Å². The third-order valence-electron chi connectivity index (χ3n) is 4.31. The summed E-state index contributed by atoms with van der Waals surface area (Å²) in [5.74, 6) is 0.144. The molecule has 0 fully saturated rings. The molecule has 1 amide bonds. The van der Waals surface area contributed by atoms with E-state index < -0.39 is 0 Å². The summed E-state index contributed by atoms with van der Waals surface area (Å²) in [4.78, 5) is 17.0. The maximum Gasteiger partial charge on any atom is 0.255 e. The van der Waals surface area contributed by atoms with Crippen LogP contribution in [-0.2, 0) is 0 Å². The minimum absolute atomic E-state index is 0.254. The number of rotatable bonds is 3. The molecule has 28 heavy (non-hydrogen) atoms. The highest BCUT2D eigenvalue weighted by molar-refractivity contribution is 6.38. The normalized spacial score (nSPS) is 11.0. The van der Waals surface area contributed by atoms with Gasteiger partial charge in [0.25, 0.3) is 5.91 Å². The number of amides is 1. The van der Waals surface area contributed by atoms with Gasteiger partial charge >= 0.3 is 0 Å². The molecule has 0 aliphatic rings. The quantitative estimate of drug-likeness (QED) is 0.379. The lowest BCUT2D eigenvalue weighted by Gasteiger charge is -2.11. The van der Waals surface area contributed by atoms with Gasteiger partial charge in [0, 0.05) is 26.9 Å². The molecule has 0 bridgehead atoms. The zero-order chi connectivity index (χ0) is 19.8. The topological polar surface area (TPSA) is 55.1 Å². The molecule has 1 heterocycles. The monoisotopic (exact) mass is 430 g/mol. The number of anilines is 1. The number of hydrogen-bond acceptors (Lipinski definition) is 3. The molecular weight excluding hydrogens is 419 g/mol. The minimum atomic E-state index is -0.254. The van der Waals surface area contributed by atoms with Crippen molar-refractivity contribution in [1.29, 1.82) is 0 Å². The number of hydrogen-bond donors (Lipinski definition) is 1. The maximum absolute atomic E-state index is 12.5. The molecule has 4 aromatic rings. The highest BCUT2D eigenvalue weighted by Gasteiger charge is 2.16. The third kappa shape index (κ3) is 3.59. The summed E-state index contributed by atoms with van der Waals surface area (Å²) in [5, 5.41) is 4.28. The molecule has 0 atom stereocenters. The van der Waals surface area contributed by atoms with Crippen molar-refractivity contribution in [3.05, 3.63) is 80.8 Å². The third-order valence-corrected chi connectivity index (χ3v) is 5.04. The van der Waals surface area contributed by atoms with Crippen molar-refractivity contribution in [2.24, 2.45) is 0 Å². The van der Waals surface area contributed by atoms with Crippen molar-refractivity contribution in [1.82, 2.24) is 4.98 Å². The molecule has 1 aromatic heterocycles. The van der Waals surface area contributed by atoms with Crippen LogP contribution in [-0.4, -0.2) is 10.9 Å². The smallest absolute Gasteiger partial charge is 0.255 e. The van der Waals surface area contributed by atoms with Crippen LogP contribution in [0.15, 0.2) is 59.0 Å². The number of nitrogens with zero attached hydrogens (tertiary/aromatic N) is 1. The minimum Gasteiger partial charge on any atom is -0.434 e. The Kier molecular flexibility index (Phi) is 5.02. The second-order valence-corrected chi connectivity index (χ2v) is 7.48. The molecule has 7 heteroatoms. The summed E-state index contributed by atoms with van der Waals surface area (Å²) in [5.41, 5.74) is 3.71. The fourth-order valence-electron chi connectivity index (χ4n) is 2.90. The van der Waals surface area contributed by atoms with Crippen LogP contribution in [0.4, 0.5) is 5.69 Å². The summed E-state index contributed by atoms with van der Waals surface area (Å²) in [6.07, 6.45) is 0. The van der Waals surface area contributed by atoms with Gasteiger partial charge in [0.1, 0.15) is 5.52 Å². The molecule has 0 saturated carbocycles. The lowest BCUT2D eigenvalue weighted by atomic mass is 10.1. The summed E-state index contributed by atoms with van der Waals surface area (Å²) in [7, 11) is 0. The van der Waals surface area contributed by atoms with Crippen molar-refractivity contribution in [3.63, 3.8) is 0 Å². The zero-order valence-electron chi connectivity index (χ0n) is 14.6. The first-order valence-corrected chi connectivity index (χ1v) is 9.48. The fraction of sp³-hybridized carbons (Fsp3) is 0.0476. The Morgan fingerprint density at radius 3 is 2.57 bits per heavy atom. The number of benzene rings is 3. The Morgan fingerprint density at radius 1 is 1.00 bits per heavy atom. The molecule has 0 unspecified atom stereocenters. The van der Waals surface area contributed by atoms with Gasteiger partial charge in [0.05, 0.1) is 5.02 Å². The van der Waals surface area contributed by atoms with Gasteiger partial charge in [-0.05, 0) is 55.0 Å². The number of halogens is 3. The standard InChI is InChI=1S/C21H13Cl3N2O2/c1-11-15(21-26-18-10-14(23)9-16(24)19(18)28-21)6-3-7-17(11)25-20(27)12-4-2-5-13(22)8-12/h2-10H,1H3,(H,25,27). The molecule has 0 aliphatic carbocycles. The Bertz CT molecular complexity index is 1220. The van der Waals surface area contributed by atoms with Gasteiger partial charge in [-0.3, -0.25) is 4.79 Å². The van der Waals surface area contributed by atoms with Crippen LogP contribution >= 0.6 is 34.8 Å². The van der Waals surface area contributed by atoms with Gasteiger partial charge in [0.15, 0.2) is 5.58 Å². The van der Waals surface area contributed by atoms with Gasteiger partial charge in [-0.2, -0.15) is 0 Å². The Balaban J connectivity index is 1.71. The first-order valence-electron chi connectivity index (χ1n) is 8.35. The van der Waals surface area contributed by atoms with Crippen LogP contribution in [0, 0.1) is 6.92 Å². The summed E-state index contributed by atoms with van der Waals surface area (Å²) < 4.78 is 5.85. The van der Waals surface area contributed by atoms with E-state index in [-0.39, 0.29) is 5.91 Å². The van der Waals surface area contributed by atoms with Crippen LogP contribution < -0.4 is 5.32 Å². The number of carbonyl (C=O) groups excluding carboxylic acids is 1. The highest BCUT2D eigenvalue weighted by atomic mass is 35.5. The predicted octanol–water partition coefficient (Wildman–Crippen LogP) is 7.02. The number of oxazole rings is 1. The first kappa shape index (κ1) is 18.8. The van der Waals surface area contributed by atoms with Crippen molar-refractivity contribution in [3.8, 4) is 11.5 Å². The number of nitrogens with one attached hydrogen (secondary N) is 1. The molecule has 3 aromatic carbocycles. The van der Waals surface area contributed by atoms with E-state index in [2.05, 4.69) is 10.3 Å². The number of aromatic nitrogens is 1. The molecule has 0 radical (unpaired) electrons. The summed E-state index contributed by atoms with van der Waals surface area (Å²) >= 11 is 18.2. The van der Waals surface area contributed by atoms with E-state index in [0.29, 0.717) is 43.3 Å². The van der Waals surface area contributed by atoms with E-state index >= 15 is 0 Å². The van der Waals surface area contributed by atoms with Crippen LogP contribution in [0.2, 0.25) is 15.1 Å². The Morgan fingerprint density at radius 2 is 1.79 bits per heavy atom. The molecule has 1 N–H and O–H groups in total. The molecule has 0 spiro atoms. The van der Waals surface area contributed by atoms with Gasteiger partial charge in [-0.25, -0.2) is 4.98 Å². The average Bonchev–Trinajstić information content (AvgIpc) is 3.07. The lowest BCUT2D eigenvalue weighted by Crippen LogP contribution is -2.12. The van der Waals surface area contributed by atoms with Crippen molar-refractivity contribution in [2.75, 3.05) is 5.32 Å². The summed E-state index contributed by atoms with van der Waals surface area (Å²) in [6, 6.07) is 15.6. The Hall–Kier alpha value is -2.53. The molecule has 4 nitrogen and oxygen atoms in total. The molecule has 0 saturated heterocycles. The molecular formula is C21H13Cl3N2O2. The molecule has 4 rings (SSSR count). The first-order chi connectivity index (χ1) is 13.4. The second-order valence-electron chi connectivity index (χ2n) is 6.20. The number of fused-ring (bicyclic) bond motifs is 1. The molecule has 140 valence electrons. The van der Waals surface area contributed by atoms with E-state index in [1.165, 1.54) is 0 Å². The second kappa shape index (κ2) is 7.47. The van der Waals surface area contributed by atoms with E-state index in [0.717, 1.165) is 11.1 Å². The van der Waals surface area contributed by atoms with Gasteiger partial charge in [-0.1, -0.05) is 46.9 Å². The predicted molar refractivity (Wildman–Crippen MR) is 114 cm³/mol. The van der Waals surface area contributed by atoms with Gasteiger partial charge in [-0.15, -0.1) is 0 Å².